The number of fused-ring (bicyclic) bond motifs is 1. The number of nitrogens with one attached hydrogen (secondary N) is 2. The van der Waals surface area contributed by atoms with Gasteiger partial charge in [0.1, 0.15) is 35.1 Å². The van der Waals surface area contributed by atoms with Crippen LogP contribution in [0.3, 0.4) is 0 Å². The van der Waals surface area contributed by atoms with Crippen LogP contribution in [-0.2, 0) is 4.79 Å². The molecule has 4 N–H and O–H groups in total. The van der Waals surface area contributed by atoms with Crippen LogP contribution < -0.4 is 20.7 Å². The lowest BCUT2D eigenvalue weighted by atomic mass is 9.95. The number of anilines is 3. The van der Waals surface area contributed by atoms with E-state index in [-0.39, 0.29) is 28.3 Å². The summed E-state index contributed by atoms with van der Waals surface area (Å²) in [5, 5.41) is 3.65. The first kappa shape index (κ1) is 27.2. The first-order valence-corrected chi connectivity index (χ1v) is 13.8. The Labute approximate surface area is 245 Å². The molecule has 5 aromatic rings. The Kier molecular flexibility index (Phi) is 7.45. The number of piperidine rings is 1. The maximum absolute atomic E-state index is 13.7. The maximum Gasteiger partial charge on any atom is 0.227 e. The molecule has 0 aliphatic carbocycles. The van der Waals surface area contributed by atoms with Crippen molar-refractivity contribution >= 4 is 51.5 Å². The van der Waals surface area contributed by atoms with Gasteiger partial charge in [0, 0.05) is 36.8 Å². The van der Waals surface area contributed by atoms with Crippen LogP contribution in [0.5, 0.6) is 11.5 Å². The Morgan fingerprint density at radius 1 is 1.00 bits per heavy atom. The van der Waals surface area contributed by atoms with E-state index < -0.39 is 5.82 Å². The van der Waals surface area contributed by atoms with E-state index in [1.807, 2.05) is 35.2 Å². The zero-order chi connectivity index (χ0) is 29.2. The minimum absolute atomic E-state index is 0.173. The lowest BCUT2D eigenvalue weighted by molar-refractivity contribution is -0.120. The lowest BCUT2D eigenvalue weighted by Crippen LogP contribution is -2.38. The van der Waals surface area contributed by atoms with E-state index in [0.717, 1.165) is 0 Å². The Bertz CT molecular complexity index is 1790. The summed E-state index contributed by atoms with van der Waals surface area (Å²) in [7, 11) is 0. The van der Waals surface area contributed by atoms with Gasteiger partial charge in [0.2, 0.25) is 5.91 Å². The molecule has 0 radical (unpaired) electrons. The number of aromatic amines is 1. The number of benzene rings is 3. The second-order valence-electron chi connectivity index (χ2n) is 9.99. The van der Waals surface area contributed by atoms with Gasteiger partial charge in [0.05, 0.1) is 27.3 Å². The monoisotopic (exact) mass is 584 g/mol. The largest absolute Gasteiger partial charge is 0.457 e. The molecule has 0 bridgehead atoms. The summed E-state index contributed by atoms with van der Waals surface area (Å²) in [4.78, 5) is 40.6. The predicted octanol–water partition coefficient (Wildman–Crippen LogP) is 6.21. The average molecular weight is 585 g/mol. The van der Waals surface area contributed by atoms with Gasteiger partial charge in [0.15, 0.2) is 5.78 Å². The molecular formula is C31H26ClFN6O3. The summed E-state index contributed by atoms with van der Waals surface area (Å²) < 4.78 is 19.2. The minimum Gasteiger partial charge on any atom is -0.457 e. The van der Waals surface area contributed by atoms with Gasteiger partial charge in [-0.1, -0.05) is 29.8 Å². The first-order valence-electron chi connectivity index (χ1n) is 13.4. The van der Waals surface area contributed by atoms with Gasteiger partial charge >= 0.3 is 0 Å². The van der Waals surface area contributed by atoms with Crippen molar-refractivity contribution < 1.29 is 18.7 Å². The normalized spacial score (nSPS) is 13.7. The second-order valence-corrected chi connectivity index (χ2v) is 10.4. The quantitative estimate of drug-likeness (QED) is 0.153. The van der Waals surface area contributed by atoms with E-state index in [2.05, 4.69) is 20.3 Å². The lowest BCUT2D eigenvalue weighted by Gasteiger charge is -2.32. The van der Waals surface area contributed by atoms with Crippen LogP contribution in [0, 0.1) is 11.7 Å². The van der Waals surface area contributed by atoms with Gasteiger partial charge in [-0.3, -0.25) is 9.59 Å². The fraction of sp³-hybridized carbons (Fsp3) is 0.161. The van der Waals surface area contributed by atoms with Crippen LogP contribution in [0.25, 0.3) is 11.0 Å². The van der Waals surface area contributed by atoms with E-state index in [1.165, 1.54) is 24.5 Å². The number of hydrogen-bond acceptors (Lipinski definition) is 7. The number of carbonyl (C=O) groups excluding carboxylic acids is 2. The molecule has 2 aromatic heterocycles. The number of nitrogens with two attached hydrogens (primary N) is 1. The summed E-state index contributed by atoms with van der Waals surface area (Å²) in [6.07, 6.45) is 4.17. The molecule has 212 valence electrons. The van der Waals surface area contributed by atoms with Gasteiger partial charge in [-0.2, -0.15) is 0 Å². The Hall–Kier alpha value is -4.96. The van der Waals surface area contributed by atoms with E-state index in [1.54, 1.807) is 24.4 Å². The zero-order valence-electron chi connectivity index (χ0n) is 22.3. The fourth-order valence-electron chi connectivity index (χ4n) is 5.11. The predicted molar refractivity (Wildman–Crippen MR) is 160 cm³/mol. The number of hydrogen-bond donors (Lipinski definition) is 3. The molecule has 3 heterocycles. The van der Waals surface area contributed by atoms with E-state index in [4.69, 9.17) is 22.1 Å². The Morgan fingerprint density at radius 2 is 1.79 bits per heavy atom. The van der Waals surface area contributed by atoms with Crippen molar-refractivity contribution in [1.29, 1.82) is 0 Å². The number of rotatable bonds is 7. The number of nitrogen functional groups attached to an aromatic ring is 1. The van der Waals surface area contributed by atoms with Gasteiger partial charge in [-0.25, -0.2) is 14.4 Å². The SMILES string of the molecule is Nc1cc(F)ccc1NC(=O)C1CCN(c2ncnc3[nH]cc(C(=O)c4ccc(Oc5ccccc5)cc4Cl)c23)CC1. The van der Waals surface area contributed by atoms with Gasteiger partial charge in [-0.15, -0.1) is 0 Å². The third-order valence-electron chi connectivity index (χ3n) is 7.30. The molecule has 1 saturated heterocycles. The van der Waals surface area contributed by atoms with Gasteiger partial charge in [0.25, 0.3) is 0 Å². The molecule has 1 aliphatic heterocycles. The Morgan fingerprint density at radius 3 is 2.52 bits per heavy atom. The fourth-order valence-corrected chi connectivity index (χ4v) is 5.37. The number of para-hydroxylation sites is 1. The summed E-state index contributed by atoms with van der Waals surface area (Å²) in [6.45, 7) is 1.07. The highest BCUT2D eigenvalue weighted by Gasteiger charge is 2.29. The van der Waals surface area contributed by atoms with Crippen molar-refractivity contribution in [1.82, 2.24) is 15.0 Å². The van der Waals surface area contributed by atoms with E-state index >= 15 is 0 Å². The first-order chi connectivity index (χ1) is 20.4. The smallest absolute Gasteiger partial charge is 0.227 e. The number of aromatic nitrogens is 3. The molecule has 6 rings (SSSR count). The molecule has 0 unspecified atom stereocenters. The van der Waals surface area contributed by atoms with E-state index in [0.29, 0.717) is 71.1 Å². The molecule has 0 atom stereocenters. The van der Waals surface area contributed by atoms with Crippen molar-refractivity contribution in [3.63, 3.8) is 0 Å². The summed E-state index contributed by atoms with van der Waals surface area (Å²) in [5.41, 5.74) is 7.64. The summed E-state index contributed by atoms with van der Waals surface area (Å²) in [5.74, 6) is 0.602. The third kappa shape index (κ3) is 5.48. The number of halogens is 2. The number of carbonyl (C=O) groups is 2. The van der Waals surface area contributed by atoms with Crippen LogP contribution in [0.15, 0.2) is 79.3 Å². The highest BCUT2D eigenvalue weighted by Crippen LogP contribution is 2.34. The minimum atomic E-state index is -0.464. The van der Waals surface area contributed by atoms with Crippen LogP contribution in [0.4, 0.5) is 21.6 Å². The number of H-pyrrole nitrogens is 1. The molecule has 0 saturated carbocycles. The second kappa shape index (κ2) is 11.5. The van der Waals surface area contributed by atoms with Crippen LogP contribution >= 0.6 is 11.6 Å². The van der Waals surface area contributed by atoms with Crippen molar-refractivity contribution in [3.05, 3.63) is 101 Å². The van der Waals surface area contributed by atoms with Crippen molar-refractivity contribution in [2.45, 2.75) is 12.8 Å². The molecule has 1 fully saturated rings. The van der Waals surface area contributed by atoms with Crippen molar-refractivity contribution in [2.24, 2.45) is 5.92 Å². The van der Waals surface area contributed by atoms with Crippen LogP contribution in [-0.4, -0.2) is 39.7 Å². The maximum atomic E-state index is 13.7. The Balaban J connectivity index is 1.19. The van der Waals surface area contributed by atoms with Crippen molar-refractivity contribution in [3.8, 4) is 11.5 Å². The third-order valence-corrected chi connectivity index (χ3v) is 7.61. The van der Waals surface area contributed by atoms with Gasteiger partial charge < -0.3 is 25.7 Å². The highest BCUT2D eigenvalue weighted by molar-refractivity contribution is 6.35. The number of nitrogens with zero attached hydrogens (tertiary/aromatic N) is 3. The molecule has 1 amide bonds. The standard InChI is InChI=1S/C31H26ClFN6O3/c32-24-15-21(42-20-4-2-1-3-5-20)7-8-22(24)28(40)23-16-35-29-27(23)30(37-17-36-29)39-12-10-18(11-13-39)31(41)38-26-9-6-19(33)14-25(26)34/h1-9,14-18H,10-13,34H2,(H,38,41)(H,35,36,37). The van der Waals surface area contributed by atoms with Crippen LogP contribution in [0.1, 0.15) is 28.8 Å². The topological polar surface area (TPSA) is 126 Å². The molecular weight excluding hydrogens is 559 g/mol. The molecule has 1 aliphatic rings. The zero-order valence-corrected chi connectivity index (χ0v) is 23.1. The molecule has 3 aromatic carbocycles. The highest BCUT2D eigenvalue weighted by atomic mass is 35.5. The van der Waals surface area contributed by atoms with E-state index in [9.17, 15) is 14.0 Å². The average Bonchev–Trinajstić information content (AvgIpc) is 3.43. The number of ketones is 1. The summed E-state index contributed by atoms with van der Waals surface area (Å²) in [6, 6.07) is 18.1. The van der Waals surface area contributed by atoms with Crippen molar-refractivity contribution in [2.75, 3.05) is 29.0 Å². The number of ether oxygens (including phenoxy) is 1. The summed E-state index contributed by atoms with van der Waals surface area (Å²) >= 11 is 6.55. The molecule has 42 heavy (non-hydrogen) atoms. The van der Waals surface area contributed by atoms with Crippen LogP contribution in [0.2, 0.25) is 5.02 Å². The molecule has 9 nitrogen and oxygen atoms in total. The number of amides is 1. The van der Waals surface area contributed by atoms with Gasteiger partial charge in [-0.05, 0) is 55.3 Å². The molecule has 11 heteroatoms. The molecule has 0 spiro atoms.